The average molecular weight is 235 g/mol. The molecule has 2 rings (SSSR count). The van der Waals surface area contributed by atoms with Crippen LogP contribution in [0.2, 0.25) is 0 Å². The summed E-state index contributed by atoms with van der Waals surface area (Å²) in [6.45, 7) is 3.83. The lowest BCUT2D eigenvalue weighted by Gasteiger charge is -2.33. The van der Waals surface area contributed by atoms with Crippen molar-refractivity contribution in [3.8, 4) is 5.75 Å². The first-order valence-electron chi connectivity index (χ1n) is 6.20. The Labute approximate surface area is 103 Å². The number of benzene rings is 1. The van der Waals surface area contributed by atoms with Gasteiger partial charge in [-0.2, -0.15) is 0 Å². The van der Waals surface area contributed by atoms with E-state index in [1.54, 1.807) is 7.11 Å². The fourth-order valence-electron chi connectivity index (χ4n) is 2.42. The molecular weight excluding hydrogens is 214 g/mol. The van der Waals surface area contributed by atoms with E-state index in [0.717, 1.165) is 37.2 Å². The average Bonchev–Trinajstić information content (AvgIpc) is 2.32. The normalized spacial score (nSPS) is 19.0. The van der Waals surface area contributed by atoms with Crippen LogP contribution in [0, 0.1) is 6.92 Å². The van der Waals surface area contributed by atoms with Crippen LogP contribution in [0.1, 0.15) is 24.0 Å². The van der Waals surface area contributed by atoms with Crippen molar-refractivity contribution in [2.24, 2.45) is 0 Å². The maximum atomic E-state index is 10.5. The Morgan fingerprint density at radius 1 is 1.35 bits per heavy atom. The van der Waals surface area contributed by atoms with E-state index < -0.39 is 5.60 Å². The number of aryl methyl sites for hydroxylation is 1. The Kier molecular flexibility index (Phi) is 3.69. The lowest BCUT2D eigenvalue weighted by molar-refractivity contribution is 0.0104. The fourth-order valence-corrected chi connectivity index (χ4v) is 2.42. The molecule has 0 spiro atoms. The zero-order valence-electron chi connectivity index (χ0n) is 10.6. The standard InChI is InChI=1S/C14H21NO2/c1-11-3-4-12(13(9-11)17-2)10-14(16)5-7-15-8-6-14/h3-4,9,15-16H,5-8,10H2,1-2H3. The summed E-state index contributed by atoms with van der Waals surface area (Å²) in [5, 5.41) is 13.8. The lowest BCUT2D eigenvalue weighted by Crippen LogP contribution is -2.43. The Balaban J connectivity index is 2.17. The monoisotopic (exact) mass is 235 g/mol. The highest BCUT2D eigenvalue weighted by Gasteiger charge is 2.30. The van der Waals surface area contributed by atoms with Crippen molar-refractivity contribution in [2.45, 2.75) is 31.8 Å². The van der Waals surface area contributed by atoms with Gasteiger partial charge in [-0.3, -0.25) is 0 Å². The van der Waals surface area contributed by atoms with Gasteiger partial charge < -0.3 is 15.2 Å². The predicted molar refractivity (Wildman–Crippen MR) is 68.5 cm³/mol. The number of aliphatic hydroxyl groups is 1. The first kappa shape index (κ1) is 12.4. The number of piperidine rings is 1. The van der Waals surface area contributed by atoms with Crippen molar-refractivity contribution in [1.29, 1.82) is 0 Å². The van der Waals surface area contributed by atoms with Crippen molar-refractivity contribution in [1.82, 2.24) is 5.32 Å². The van der Waals surface area contributed by atoms with E-state index in [2.05, 4.69) is 17.4 Å². The number of ether oxygens (including phenoxy) is 1. The molecule has 1 heterocycles. The molecule has 0 atom stereocenters. The van der Waals surface area contributed by atoms with Crippen molar-refractivity contribution in [3.05, 3.63) is 29.3 Å². The summed E-state index contributed by atoms with van der Waals surface area (Å²) in [4.78, 5) is 0. The highest BCUT2D eigenvalue weighted by Crippen LogP contribution is 2.28. The minimum absolute atomic E-state index is 0.576. The summed E-state index contributed by atoms with van der Waals surface area (Å²) >= 11 is 0. The van der Waals surface area contributed by atoms with Crippen LogP contribution in [-0.4, -0.2) is 30.9 Å². The molecular formula is C14H21NO2. The Morgan fingerprint density at radius 3 is 2.71 bits per heavy atom. The highest BCUT2D eigenvalue weighted by atomic mass is 16.5. The third kappa shape index (κ3) is 2.99. The van der Waals surface area contributed by atoms with E-state index in [-0.39, 0.29) is 0 Å². The molecule has 0 unspecified atom stereocenters. The van der Waals surface area contributed by atoms with Gasteiger partial charge in [0, 0.05) is 6.42 Å². The molecule has 1 aromatic carbocycles. The van der Waals surface area contributed by atoms with Gasteiger partial charge in [0.25, 0.3) is 0 Å². The Morgan fingerprint density at radius 2 is 2.06 bits per heavy atom. The second kappa shape index (κ2) is 5.07. The van der Waals surface area contributed by atoms with Crippen LogP contribution < -0.4 is 10.1 Å². The van der Waals surface area contributed by atoms with Gasteiger partial charge in [-0.15, -0.1) is 0 Å². The molecule has 2 N–H and O–H groups in total. The van der Waals surface area contributed by atoms with Gasteiger partial charge in [0.2, 0.25) is 0 Å². The van der Waals surface area contributed by atoms with E-state index >= 15 is 0 Å². The van der Waals surface area contributed by atoms with Crippen LogP contribution in [0.15, 0.2) is 18.2 Å². The van der Waals surface area contributed by atoms with Crippen LogP contribution in [0.5, 0.6) is 5.75 Å². The minimum Gasteiger partial charge on any atom is -0.496 e. The summed E-state index contributed by atoms with van der Waals surface area (Å²) in [5.41, 5.74) is 1.71. The highest BCUT2D eigenvalue weighted by molar-refractivity contribution is 5.38. The zero-order chi connectivity index (χ0) is 12.3. The summed E-state index contributed by atoms with van der Waals surface area (Å²) < 4.78 is 5.39. The topological polar surface area (TPSA) is 41.5 Å². The van der Waals surface area contributed by atoms with Gasteiger partial charge in [0.15, 0.2) is 0 Å². The molecule has 0 bridgehead atoms. The van der Waals surface area contributed by atoms with Crippen LogP contribution >= 0.6 is 0 Å². The molecule has 1 aliphatic heterocycles. The van der Waals surface area contributed by atoms with Gasteiger partial charge in [0.1, 0.15) is 5.75 Å². The van der Waals surface area contributed by atoms with Crippen molar-refractivity contribution in [2.75, 3.05) is 20.2 Å². The van der Waals surface area contributed by atoms with Gasteiger partial charge in [-0.05, 0) is 50.0 Å². The smallest absolute Gasteiger partial charge is 0.122 e. The van der Waals surface area contributed by atoms with Gasteiger partial charge in [0.05, 0.1) is 12.7 Å². The SMILES string of the molecule is COc1cc(C)ccc1CC1(O)CCNCC1. The molecule has 0 aliphatic carbocycles. The molecule has 17 heavy (non-hydrogen) atoms. The molecule has 0 saturated carbocycles. The third-order valence-corrected chi connectivity index (χ3v) is 3.50. The number of hydrogen-bond acceptors (Lipinski definition) is 3. The van der Waals surface area contributed by atoms with E-state index in [1.807, 2.05) is 13.0 Å². The van der Waals surface area contributed by atoms with Crippen LogP contribution in [-0.2, 0) is 6.42 Å². The zero-order valence-corrected chi connectivity index (χ0v) is 10.6. The molecule has 1 aliphatic rings. The second-order valence-corrected chi connectivity index (χ2v) is 4.97. The number of rotatable bonds is 3. The predicted octanol–water partition coefficient (Wildman–Crippen LogP) is 1.66. The minimum atomic E-state index is -0.576. The quantitative estimate of drug-likeness (QED) is 0.837. The van der Waals surface area contributed by atoms with Crippen LogP contribution in [0.25, 0.3) is 0 Å². The van der Waals surface area contributed by atoms with Gasteiger partial charge >= 0.3 is 0 Å². The first-order valence-corrected chi connectivity index (χ1v) is 6.20. The largest absolute Gasteiger partial charge is 0.496 e. The van der Waals surface area contributed by atoms with Crippen molar-refractivity contribution in [3.63, 3.8) is 0 Å². The molecule has 3 nitrogen and oxygen atoms in total. The van der Waals surface area contributed by atoms with Crippen LogP contribution in [0.3, 0.4) is 0 Å². The number of nitrogens with one attached hydrogen (secondary N) is 1. The van der Waals surface area contributed by atoms with E-state index in [1.165, 1.54) is 5.56 Å². The summed E-state index contributed by atoms with van der Waals surface area (Å²) in [6, 6.07) is 6.16. The van der Waals surface area contributed by atoms with Gasteiger partial charge in [-0.1, -0.05) is 12.1 Å². The Bertz CT molecular complexity index is 384. The first-order chi connectivity index (χ1) is 8.13. The molecule has 3 heteroatoms. The molecule has 0 amide bonds. The summed E-state index contributed by atoms with van der Waals surface area (Å²) in [7, 11) is 1.69. The van der Waals surface area contributed by atoms with Gasteiger partial charge in [-0.25, -0.2) is 0 Å². The molecule has 0 radical (unpaired) electrons. The van der Waals surface area contributed by atoms with Crippen molar-refractivity contribution >= 4 is 0 Å². The third-order valence-electron chi connectivity index (χ3n) is 3.50. The van der Waals surface area contributed by atoms with Crippen LogP contribution in [0.4, 0.5) is 0 Å². The fraction of sp³-hybridized carbons (Fsp3) is 0.571. The molecule has 0 aromatic heterocycles. The molecule has 1 saturated heterocycles. The molecule has 94 valence electrons. The molecule has 1 aromatic rings. The maximum Gasteiger partial charge on any atom is 0.122 e. The van der Waals surface area contributed by atoms with E-state index in [4.69, 9.17) is 4.74 Å². The summed E-state index contributed by atoms with van der Waals surface area (Å²) in [6.07, 6.45) is 2.30. The van der Waals surface area contributed by atoms with E-state index in [0.29, 0.717) is 6.42 Å². The van der Waals surface area contributed by atoms with Crippen molar-refractivity contribution < 1.29 is 9.84 Å². The Hall–Kier alpha value is -1.06. The second-order valence-electron chi connectivity index (χ2n) is 4.97. The summed E-state index contributed by atoms with van der Waals surface area (Å²) in [5.74, 6) is 0.886. The number of methoxy groups -OCH3 is 1. The van der Waals surface area contributed by atoms with E-state index in [9.17, 15) is 5.11 Å². The maximum absolute atomic E-state index is 10.5. The number of hydrogen-bond donors (Lipinski definition) is 2. The molecule has 1 fully saturated rings. The lowest BCUT2D eigenvalue weighted by atomic mass is 9.85.